The van der Waals surface area contributed by atoms with E-state index in [1.165, 1.54) is 17.9 Å². The highest BCUT2D eigenvalue weighted by molar-refractivity contribution is 7.89. The Kier molecular flexibility index (Phi) is 4.12. The summed E-state index contributed by atoms with van der Waals surface area (Å²) in [4.78, 5) is -0.0258. The number of nitrogens with two attached hydrogens (primary N) is 1. The number of hydrogen-bond donors (Lipinski definition) is 2. The number of likely N-dealkylation sites (N-methyl/N-ethyl adjacent to an activating group) is 1. The lowest BCUT2D eigenvalue weighted by Crippen LogP contribution is -2.37. The molecule has 0 aliphatic carbocycles. The van der Waals surface area contributed by atoms with Crippen LogP contribution in [0.1, 0.15) is 13.8 Å². The van der Waals surface area contributed by atoms with Crippen molar-refractivity contribution in [1.29, 1.82) is 0 Å². The summed E-state index contributed by atoms with van der Waals surface area (Å²) in [5.74, 6) is -0.0242. The van der Waals surface area contributed by atoms with Crippen molar-refractivity contribution < 1.29 is 13.5 Å². The molecule has 3 N–H and O–H groups in total. The molecule has 0 spiro atoms. The number of sulfonamides is 1. The summed E-state index contributed by atoms with van der Waals surface area (Å²) < 4.78 is 26.9. The maximum absolute atomic E-state index is 12.2. The Hall–Kier alpha value is -1.12. The van der Waals surface area contributed by atoms with E-state index in [0.717, 1.165) is 4.31 Å². The van der Waals surface area contributed by atoms with Crippen LogP contribution in [0, 0.1) is 0 Å². The molecule has 8 heteroatoms. The van der Waals surface area contributed by atoms with E-state index >= 15 is 0 Å². The molecule has 0 radical (unpaired) electrons. The van der Waals surface area contributed by atoms with Gasteiger partial charge in [0.25, 0.3) is 0 Å². The molecule has 1 atom stereocenters. The number of aliphatic hydroxyl groups is 1. The van der Waals surface area contributed by atoms with Gasteiger partial charge in [-0.3, -0.25) is 4.68 Å². The zero-order chi connectivity index (χ0) is 13.2. The van der Waals surface area contributed by atoms with Crippen molar-refractivity contribution in [3.63, 3.8) is 0 Å². The molecule has 0 aliphatic heterocycles. The Labute approximate surface area is 101 Å². The van der Waals surface area contributed by atoms with Crippen molar-refractivity contribution in [1.82, 2.24) is 14.1 Å². The quantitative estimate of drug-likeness (QED) is 0.744. The van der Waals surface area contributed by atoms with E-state index in [2.05, 4.69) is 5.10 Å². The predicted molar refractivity (Wildman–Crippen MR) is 63.8 cm³/mol. The molecule has 7 nitrogen and oxygen atoms in total. The van der Waals surface area contributed by atoms with Gasteiger partial charge < -0.3 is 10.8 Å². The smallest absolute Gasteiger partial charge is 0.248 e. The van der Waals surface area contributed by atoms with Gasteiger partial charge in [-0.1, -0.05) is 0 Å². The Morgan fingerprint density at radius 3 is 2.65 bits per heavy atom. The third-order valence-corrected chi connectivity index (χ3v) is 4.61. The lowest BCUT2D eigenvalue weighted by molar-refractivity contribution is 0.214. The van der Waals surface area contributed by atoms with Gasteiger partial charge in [-0.05, 0) is 13.8 Å². The average molecular weight is 262 g/mol. The molecule has 1 aromatic heterocycles. The van der Waals surface area contributed by atoms with Crippen LogP contribution >= 0.6 is 0 Å². The summed E-state index contributed by atoms with van der Waals surface area (Å²) in [6, 6.07) is -0.510. The van der Waals surface area contributed by atoms with Crippen LogP contribution in [-0.4, -0.2) is 47.3 Å². The Balaban J connectivity index is 3.17. The van der Waals surface area contributed by atoms with Crippen LogP contribution < -0.4 is 5.73 Å². The highest BCUT2D eigenvalue weighted by atomic mass is 32.2. The minimum Gasteiger partial charge on any atom is -0.395 e. The van der Waals surface area contributed by atoms with Gasteiger partial charge in [-0.15, -0.1) is 0 Å². The fourth-order valence-electron chi connectivity index (χ4n) is 1.29. The van der Waals surface area contributed by atoms with E-state index in [4.69, 9.17) is 10.8 Å². The number of nitrogens with zero attached hydrogens (tertiary/aromatic N) is 3. The van der Waals surface area contributed by atoms with Gasteiger partial charge >= 0.3 is 0 Å². The summed E-state index contributed by atoms with van der Waals surface area (Å²) in [5, 5.41) is 12.9. The molecular weight excluding hydrogens is 244 g/mol. The van der Waals surface area contributed by atoms with E-state index in [1.807, 2.05) is 6.92 Å². The van der Waals surface area contributed by atoms with Crippen molar-refractivity contribution in [2.45, 2.75) is 31.3 Å². The first-order valence-electron chi connectivity index (χ1n) is 5.26. The molecule has 1 aromatic rings. The minimum absolute atomic E-state index is 0.0242. The Morgan fingerprint density at radius 1 is 1.65 bits per heavy atom. The number of rotatable bonds is 5. The molecule has 0 saturated carbocycles. The van der Waals surface area contributed by atoms with Crippen LogP contribution in [0.4, 0.5) is 5.82 Å². The van der Waals surface area contributed by atoms with Crippen molar-refractivity contribution in [2.75, 3.05) is 19.4 Å². The first kappa shape index (κ1) is 13.9. The molecule has 0 aromatic carbocycles. The maximum Gasteiger partial charge on any atom is 0.248 e. The van der Waals surface area contributed by atoms with Gasteiger partial charge in [0.1, 0.15) is 4.90 Å². The summed E-state index contributed by atoms with van der Waals surface area (Å²) in [7, 11) is -2.30. The Bertz CT molecular complexity index is 482. The largest absolute Gasteiger partial charge is 0.395 e. The zero-order valence-corrected chi connectivity index (χ0v) is 11.0. The molecule has 17 heavy (non-hydrogen) atoms. The van der Waals surface area contributed by atoms with Crippen LogP contribution in [0.15, 0.2) is 11.1 Å². The lowest BCUT2D eigenvalue weighted by atomic mass is 10.4. The monoisotopic (exact) mass is 262 g/mol. The Morgan fingerprint density at radius 2 is 2.24 bits per heavy atom. The summed E-state index contributed by atoms with van der Waals surface area (Å²) in [5.41, 5.74) is 5.58. The molecule has 0 amide bonds. The van der Waals surface area contributed by atoms with Gasteiger partial charge in [0.15, 0.2) is 5.82 Å². The topological polar surface area (TPSA) is 101 Å². The van der Waals surface area contributed by atoms with Crippen molar-refractivity contribution in [3.05, 3.63) is 6.20 Å². The fraction of sp³-hybridized carbons (Fsp3) is 0.667. The van der Waals surface area contributed by atoms with Crippen LogP contribution in [0.3, 0.4) is 0 Å². The molecule has 0 bridgehead atoms. The number of nitrogen functional groups attached to an aromatic ring is 1. The zero-order valence-electron chi connectivity index (χ0n) is 10.2. The normalized spacial score (nSPS) is 14.2. The number of aryl methyl sites for hydroxylation is 1. The molecule has 98 valence electrons. The van der Waals surface area contributed by atoms with E-state index in [-0.39, 0.29) is 17.3 Å². The summed E-state index contributed by atoms with van der Waals surface area (Å²) in [6.45, 7) is 3.73. The average Bonchev–Trinajstić information content (AvgIpc) is 2.69. The first-order valence-corrected chi connectivity index (χ1v) is 6.70. The number of aliphatic hydroxyl groups excluding tert-OH is 1. The lowest BCUT2D eigenvalue weighted by Gasteiger charge is -2.21. The number of anilines is 1. The number of aromatic nitrogens is 2. The maximum atomic E-state index is 12.2. The van der Waals surface area contributed by atoms with Gasteiger partial charge in [-0.2, -0.15) is 9.40 Å². The highest BCUT2D eigenvalue weighted by Gasteiger charge is 2.28. The molecular formula is C9H18N4O3S. The highest BCUT2D eigenvalue weighted by Crippen LogP contribution is 2.21. The second-order valence-corrected chi connectivity index (χ2v) is 5.75. The van der Waals surface area contributed by atoms with E-state index in [1.54, 1.807) is 6.92 Å². The fourth-order valence-corrected chi connectivity index (χ4v) is 2.70. The second kappa shape index (κ2) is 5.03. The number of hydrogen-bond acceptors (Lipinski definition) is 5. The molecule has 1 unspecified atom stereocenters. The van der Waals surface area contributed by atoms with E-state index < -0.39 is 16.1 Å². The summed E-state index contributed by atoms with van der Waals surface area (Å²) >= 11 is 0. The van der Waals surface area contributed by atoms with E-state index in [9.17, 15) is 8.42 Å². The third kappa shape index (κ3) is 2.59. The third-order valence-electron chi connectivity index (χ3n) is 2.62. The standard InChI is InChI=1S/C9H18N4O3S/c1-4-13-5-8(9(10)11-13)17(15,16)12(3)7(2)6-14/h5,7,14H,4,6H2,1-3H3,(H2,10,11). The first-order chi connectivity index (χ1) is 7.84. The molecule has 1 rings (SSSR count). The predicted octanol–water partition coefficient (Wildman–Crippen LogP) is -0.513. The SMILES string of the molecule is CCn1cc(S(=O)(=O)N(C)C(C)CO)c(N)n1. The second-order valence-electron chi connectivity index (χ2n) is 3.79. The van der Waals surface area contributed by atoms with Gasteiger partial charge in [-0.25, -0.2) is 8.42 Å². The van der Waals surface area contributed by atoms with Gasteiger partial charge in [0.2, 0.25) is 10.0 Å². The van der Waals surface area contributed by atoms with E-state index in [0.29, 0.717) is 6.54 Å². The van der Waals surface area contributed by atoms with Gasteiger partial charge in [0, 0.05) is 25.8 Å². The van der Waals surface area contributed by atoms with Crippen molar-refractivity contribution >= 4 is 15.8 Å². The summed E-state index contributed by atoms with van der Waals surface area (Å²) in [6.07, 6.45) is 1.39. The van der Waals surface area contributed by atoms with Crippen LogP contribution in [-0.2, 0) is 16.6 Å². The minimum atomic E-state index is -3.71. The van der Waals surface area contributed by atoms with Crippen LogP contribution in [0.2, 0.25) is 0 Å². The van der Waals surface area contributed by atoms with Crippen LogP contribution in [0.25, 0.3) is 0 Å². The molecule has 1 heterocycles. The van der Waals surface area contributed by atoms with Crippen molar-refractivity contribution in [2.24, 2.45) is 0 Å². The molecule has 0 saturated heterocycles. The molecule has 0 fully saturated rings. The molecule has 0 aliphatic rings. The van der Waals surface area contributed by atoms with Crippen molar-refractivity contribution in [3.8, 4) is 0 Å². The van der Waals surface area contributed by atoms with Gasteiger partial charge in [0.05, 0.1) is 6.61 Å². The van der Waals surface area contributed by atoms with Crippen LogP contribution in [0.5, 0.6) is 0 Å².